The second-order valence-electron chi connectivity index (χ2n) is 5.02. The number of hydrogen-bond acceptors (Lipinski definition) is 3. The highest BCUT2D eigenvalue weighted by molar-refractivity contribution is 5.74. The van der Waals surface area contributed by atoms with E-state index in [2.05, 4.69) is 0 Å². The number of esters is 1. The highest BCUT2D eigenvalue weighted by atomic mass is 19.2. The molecular formula is C14H17F2NO2. The fraction of sp³-hybridized carbons (Fsp3) is 0.500. The van der Waals surface area contributed by atoms with Crippen molar-refractivity contribution in [2.75, 3.05) is 18.0 Å². The predicted octanol–water partition coefficient (Wildman–Crippen LogP) is 2.74. The molecule has 0 saturated carbocycles. The van der Waals surface area contributed by atoms with Crippen LogP contribution in [0, 0.1) is 17.6 Å². The summed E-state index contributed by atoms with van der Waals surface area (Å²) >= 11 is 0. The van der Waals surface area contributed by atoms with E-state index in [1.807, 2.05) is 4.90 Å². The molecule has 1 heterocycles. The fourth-order valence-electron chi connectivity index (χ4n) is 2.20. The van der Waals surface area contributed by atoms with Crippen molar-refractivity contribution in [3.63, 3.8) is 0 Å². The normalized spacial score (nSPS) is 19.0. The first kappa shape index (κ1) is 13.8. The molecule has 0 aliphatic carbocycles. The van der Waals surface area contributed by atoms with Gasteiger partial charge < -0.3 is 9.64 Å². The first-order chi connectivity index (χ1) is 8.97. The molecule has 0 spiro atoms. The largest absolute Gasteiger partial charge is 0.463 e. The number of carbonyl (C=O) groups is 1. The number of benzene rings is 1. The monoisotopic (exact) mass is 269 g/mol. The van der Waals surface area contributed by atoms with Gasteiger partial charge in [0.05, 0.1) is 12.0 Å². The summed E-state index contributed by atoms with van der Waals surface area (Å²) in [5, 5.41) is 0. The van der Waals surface area contributed by atoms with Crippen LogP contribution in [0.1, 0.15) is 20.3 Å². The van der Waals surface area contributed by atoms with Crippen LogP contribution in [0.15, 0.2) is 18.2 Å². The smallest absolute Gasteiger partial charge is 0.311 e. The number of rotatable bonds is 3. The topological polar surface area (TPSA) is 29.5 Å². The molecule has 2 rings (SSSR count). The maximum atomic E-state index is 13.2. The SMILES string of the molecule is CC(C)OC(=O)C1CCN(c2ccc(F)c(F)c2)C1. The van der Waals surface area contributed by atoms with Crippen molar-refractivity contribution in [2.45, 2.75) is 26.4 Å². The summed E-state index contributed by atoms with van der Waals surface area (Å²) in [5.41, 5.74) is 0.596. The Morgan fingerprint density at radius 3 is 2.74 bits per heavy atom. The number of hydrogen-bond donors (Lipinski definition) is 0. The quantitative estimate of drug-likeness (QED) is 0.790. The molecule has 0 bridgehead atoms. The molecule has 0 aromatic heterocycles. The standard InChI is InChI=1S/C14H17F2NO2/c1-9(2)19-14(18)10-5-6-17(8-10)11-3-4-12(15)13(16)7-11/h3-4,7,9-10H,5-6,8H2,1-2H3. The molecule has 1 aromatic carbocycles. The van der Waals surface area contributed by atoms with Gasteiger partial charge in [-0.2, -0.15) is 0 Å². The van der Waals surface area contributed by atoms with Gasteiger partial charge >= 0.3 is 5.97 Å². The van der Waals surface area contributed by atoms with Gasteiger partial charge in [0.25, 0.3) is 0 Å². The molecule has 1 saturated heterocycles. The van der Waals surface area contributed by atoms with Crippen LogP contribution in [0.25, 0.3) is 0 Å². The van der Waals surface area contributed by atoms with Crippen LogP contribution in [0.4, 0.5) is 14.5 Å². The summed E-state index contributed by atoms with van der Waals surface area (Å²) < 4.78 is 31.2. The Kier molecular flexibility index (Phi) is 4.02. The lowest BCUT2D eigenvalue weighted by atomic mass is 10.1. The Morgan fingerprint density at radius 2 is 2.11 bits per heavy atom. The molecule has 1 aromatic rings. The lowest BCUT2D eigenvalue weighted by molar-refractivity contribution is -0.151. The minimum Gasteiger partial charge on any atom is -0.463 e. The van der Waals surface area contributed by atoms with Gasteiger partial charge in [-0.1, -0.05) is 0 Å². The van der Waals surface area contributed by atoms with E-state index in [9.17, 15) is 13.6 Å². The highest BCUT2D eigenvalue weighted by Crippen LogP contribution is 2.26. The van der Waals surface area contributed by atoms with Crippen LogP contribution in [0.2, 0.25) is 0 Å². The Bertz CT molecular complexity index is 477. The summed E-state index contributed by atoms with van der Waals surface area (Å²) in [6.45, 7) is 4.74. The number of ether oxygens (including phenoxy) is 1. The minimum absolute atomic E-state index is 0.134. The molecule has 0 N–H and O–H groups in total. The zero-order valence-corrected chi connectivity index (χ0v) is 11.0. The van der Waals surface area contributed by atoms with Crippen LogP contribution in [-0.4, -0.2) is 25.2 Å². The van der Waals surface area contributed by atoms with Gasteiger partial charge in [0.1, 0.15) is 0 Å². The van der Waals surface area contributed by atoms with Gasteiger partial charge in [-0.3, -0.25) is 4.79 Å². The maximum absolute atomic E-state index is 13.2. The highest BCUT2D eigenvalue weighted by Gasteiger charge is 2.30. The molecule has 1 aliphatic heterocycles. The molecule has 0 radical (unpaired) electrons. The van der Waals surface area contributed by atoms with E-state index >= 15 is 0 Å². The van der Waals surface area contributed by atoms with E-state index in [1.54, 1.807) is 13.8 Å². The third-order valence-electron chi connectivity index (χ3n) is 3.14. The fourth-order valence-corrected chi connectivity index (χ4v) is 2.20. The number of carbonyl (C=O) groups excluding carboxylic acids is 1. The van der Waals surface area contributed by atoms with Gasteiger partial charge in [-0.15, -0.1) is 0 Å². The van der Waals surface area contributed by atoms with Crippen molar-refractivity contribution >= 4 is 11.7 Å². The summed E-state index contributed by atoms with van der Waals surface area (Å²) in [6, 6.07) is 3.78. The second kappa shape index (κ2) is 5.55. The zero-order chi connectivity index (χ0) is 14.0. The van der Waals surface area contributed by atoms with E-state index in [0.717, 1.165) is 12.1 Å². The van der Waals surface area contributed by atoms with Gasteiger partial charge in [0.15, 0.2) is 11.6 Å². The maximum Gasteiger partial charge on any atom is 0.311 e. The van der Waals surface area contributed by atoms with E-state index in [-0.39, 0.29) is 18.0 Å². The van der Waals surface area contributed by atoms with Crippen LogP contribution < -0.4 is 4.90 Å². The minimum atomic E-state index is -0.870. The van der Waals surface area contributed by atoms with Crippen molar-refractivity contribution in [3.8, 4) is 0 Å². The van der Waals surface area contributed by atoms with Crippen molar-refractivity contribution in [2.24, 2.45) is 5.92 Å². The average Bonchev–Trinajstić information content (AvgIpc) is 2.81. The van der Waals surface area contributed by atoms with E-state index in [0.29, 0.717) is 25.2 Å². The summed E-state index contributed by atoms with van der Waals surface area (Å²) in [5.74, 6) is -2.15. The lowest BCUT2D eigenvalue weighted by Crippen LogP contribution is -2.25. The molecule has 104 valence electrons. The third kappa shape index (κ3) is 3.22. The van der Waals surface area contributed by atoms with Crippen LogP contribution in [0.5, 0.6) is 0 Å². The number of halogens is 2. The van der Waals surface area contributed by atoms with E-state index in [1.165, 1.54) is 6.07 Å². The van der Waals surface area contributed by atoms with Crippen LogP contribution >= 0.6 is 0 Å². The molecule has 1 aliphatic rings. The second-order valence-corrected chi connectivity index (χ2v) is 5.02. The zero-order valence-electron chi connectivity index (χ0n) is 11.0. The Balaban J connectivity index is 2.01. The summed E-state index contributed by atoms with van der Waals surface area (Å²) in [6.07, 6.45) is 0.537. The molecule has 1 atom stereocenters. The first-order valence-corrected chi connectivity index (χ1v) is 6.38. The average molecular weight is 269 g/mol. The van der Waals surface area contributed by atoms with E-state index in [4.69, 9.17) is 4.74 Å². The van der Waals surface area contributed by atoms with Gasteiger partial charge in [-0.25, -0.2) is 8.78 Å². The van der Waals surface area contributed by atoms with Crippen molar-refractivity contribution in [1.82, 2.24) is 0 Å². The molecular weight excluding hydrogens is 252 g/mol. The van der Waals surface area contributed by atoms with Gasteiger partial charge in [0, 0.05) is 24.8 Å². The van der Waals surface area contributed by atoms with Crippen LogP contribution in [-0.2, 0) is 9.53 Å². The molecule has 1 fully saturated rings. The molecule has 1 unspecified atom stereocenters. The first-order valence-electron chi connectivity index (χ1n) is 6.38. The third-order valence-corrected chi connectivity index (χ3v) is 3.14. The van der Waals surface area contributed by atoms with E-state index < -0.39 is 11.6 Å². The van der Waals surface area contributed by atoms with Crippen molar-refractivity contribution in [3.05, 3.63) is 29.8 Å². The molecule has 3 nitrogen and oxygen atoms in total. The Hall–Kier alpha value is -1.65. The van der Waals surface area contributed by atoms with Crippen LogP contribution in [0.3, 0.4) is 0 Å². The number of nitrogens with zero attached hydrogens (tertiary/aromatic N) is 1. The molecule has 0 amide bonds. The lowest BCUT2D eigenvalue weighted by Gasteiger charge is -2.19. The summed E-state index contributed by atoms with van der Waals surface area (Å²) in [7, 11) is 0. The van der Waals surface area contributed by atoms with Gasteiger partial charge in [0.2, 0.25) is 0 Å². The van der Waals surface area contributed by atoms with Crippen molar-refractivity contribution < 1.29 is 18.3 Å². The Morgan fingerprint density at radius 1 is 1.37 bits per heavy atom. The van der Waals surface area contributed by atoms with Crippen molar-refractivity contribution in [1.29, 1.82) is 0 Å². The summed E-state index contributed by atoms with van der Waals surface area (Å²) in [4.78, 5) is 13.6. The number of anilines is 1. The molecule has 5 heteroatoms. The Labute approximate surface area is 111 Å². The van der Waals surface area contributed by atoms with Gasteiger partial charge in [-0.05, 0) is 32.4 Å². The molecule has 19 heavy (non-hydrogen) atoms. The predicted molar refractivity (Wildman–Crippen MR) is 67.9 cm³/mol.